The van der Waals surface area contributed by atoms with E-state index in [1.165, 1.54) is 4.90 Å². The van der Waals surface area contributed by atoms with Crippen molar-refractivity contribution < 1.29 is 91.4 Å². The van der Waals surface area contributed by atoms with Crippen LogP contribution in [0.25, 0.3) is 0 Å². The molecule has 8 rings (SSSR count). The molecule has 528 valence electrons. The number of hydrogen-bond acceptors (Lipinski definition) is 19. The van der Waals surface area contributed by atoms with Gasteiger partial charge in [0.05, 0.1) is 50.6 Å². The van der Waals surface area contributed by atoms with Gasteiger partial charge < -0.3 is 98.9 Å². The monoisotopic (exact) mass is 1290 g/mol. The largest absolute Gasteiger partial charge is 0.394 e. The Bertz CT molecular complexity index is 1590. The van der Waals surface area contributed by atoms with Crippen molar-refractivity contribution in [2.75, 3.05) is 46.0 Å². The lowest BCUT2D eigenvalue weighted by Gasteiger charge is -2.39. The van der Waals surface area contributed by atoms with Crippen LogP contribution in [0.4, 0.5) is 36.7 Å². The Morgan fingerprint density at radius 1 is 0.375 bits per heavy atom. The van der Waals surface area contributed by atoms with E-state index in [-0.39, 0.29) is 43.3 Å². The second kappa shape index (κ2) is 48.0. The Labute approximate surface area is 522 Å². The maximum absolute atomic E-state index is 14.0. The lowest BCUT2D eigenvalue weighted by Crippen LogP contribution is -2.63. The van der Waals surface area contributed by atoms with E-state index < -0.39 is 167 Å². The third-order valence-electron chi connectivity index (χ3n) is 13.9. The fourth-order valence-corrected chi connectivity index (χ4v) is 8.98. The van der Waals surface area contributed by atoms with Gasteiger partial charge in [-0.1, -0.05) is 145 Å². The van der Waals surface area contributed by atoms with Gasteiger partial charge in [0.15, 0.2) is 49.6 Å². The summed E-state index contributed by atoms with van der Waals surface area (Å²) in [6, 6.07) is -2.03. The summed E-state index contributed by atoms with van der Waals surface area (Å²) in [5.74, 6) is -0.201. The van der Waals surface area contributed by atoms with Crippen LogP contribution in [0.5, 0.6) is 0 Å². The maximum Gasteiger partial charge on any atom is 0.320 e. The molecule has 1 unspecified atom stereocenters. The highest BCUT2D eigenvalue weighted by Crippen LogP contribution is 2.33. The lowest BCUT2D eigenvalue weighted by molar-refractivity contribution is -0.0791. The zero-order valence-corrected chi connectivity index (χ0v) is 56.5. The SMILES string of the molecule is CC.CC.CC.CC.CC.CC.CC.CC.CC[C@@H]1O[C@H](N2C[C@H](C)[C@H](N)NC2=O)[C@@H]([18F])[C@@H]1O.C[C@H]1CN(C2O[C@H](CO)[C@H](O)[C@@H]2[18F])C(=O)N[C@H]1N.C[C@H]1CN([C@H]2O[C@@H](CO)[C@@H](O)[C@@H]2[18F])C(=O)N[C@H]1N.C[C@H]1CN([C@H]2O[C@H](CO)[C@H](O)[C@H]2[18F])C(=O)N[C@H]1N. The van der Waals surface area contributed by atoms with Crippen molar-refractivity contribution in [1.29, 1.82) is 0 Å². The first-order valence-corrected chi connectivity index (χ1v) is 31.9. The molecule has 0 aromatic rings. The zero-order valence-electron chi connectivity index (χ0n) is 56.5. The van der Waals surface area contributed by atoms with Crippen LogP contribution in [0, 0.1) is 23.7 Å². The minimum atomic E-state index is -1.74. The number of carbonyl (C=O) groups is 4. The Balaban J connectivity index is -0.000000495. The summed E-state index contributed by atoms with van der Waals surface area (Å²) in [6.45, 7) is 40.7. The molecule has 0 saturated carbocycles. The van der Waals surface area contributed by atoms with E-state index in [0.717, 1.165) is 14.7 Å². The number of rotatable bonds is 8. The number of nitrogens with zero attached hydrogens (tertiary/aromatic N) is 4. The number of aliphatic hydroxyl groups is 7. The summed E-state index contributed by atoms with van der Waals surface area (Å²) in [7, 11) is 0. The molecule has 0 radical (unpaired) electrons. The molecule has 19 N–H and O–H groups in total. The zero-order chi connectivity index (χ0) is 69.8. The number of halogens is 4. The van der Waals surface area contributed by atoms with Gasteiger partial charge in [-0.05, 0) is 6.42 Å². The van der Waals surface area contributed by atoms with Crippen molar-refractivity contribution in [3.8, 4) is 0 Å². The molecular weight excluding hydrogens is 1160 g/mol. The van der Waals surface area contributed by atoms with Crippen molar-refractivity contribution in [3.63, 3.8) is 0 Å². The van der Waals surface area contributed by atoms with Gasteiger partial charge >= 0.3 is 24.1 Å². The van der Waals surface area contributed by atoms with Gasteiger partial charge in [-0.2, -0.15) is 0 Å². The van der Waals surface area contributed by atoms with Gasteiger partial charge in [0.1, 0.15) is 42.7 Å². The second-order valence-electron chi connectivity index (χ2n) is 19.4. The quantitative estimate of drug-likeness (QED) is 0.155. The van der Waals surface area contributed by atoms with Gasteiger partial charge in [-0.3, -0.25) is 19.6 Å². The summed E-state index contributed by atoms with van der Waals surface area (Å²) in [4.78, 5) is 51.7. The van der Waals surface area contributed by atoms with E-state index in [1.807, 2.05) is 138 Å². The fourth-order valence-electron chi connectivity index (χ4n) is 8.98. The van der Waals surface area contributed by atoms with E-state index in [2.05, 4.69) is 21.3 Å². The lowest BCUT2D eigenvalue weighted by atomic mass is 10.0. The second-order valence-corrected chi connectivity index (χ2v) is 19.4. The number of nitrogens with one attached hydrogen (secondary N) is 4. The minimum Gasteiger partial charge on any atom is -0.394 e. The molecule has 8 heterocycles. The Hall–Kier alpha value is -3.80. The highest BCUT2D eigenvalue weighted by atomic mass is 18.2. The first kappa shape index (κ1) is 90.6. The third kappa shape index (κ3) is 24.7. The molecule has 0 spiro atoms. The molecule has 27 nitrogen and oxygen atoms in total. The number of hydrogen-bond donors (Lipinski definition) is 15. The smallest absolute Gasteiger partial charge is 0.320 e. The van der Waals surface area contributed by atoms with Crippen LogP contribution < -0.4 is 44.2 Å². The van der Waals surface area contributed by atoms with Crippen LogP contribution in [0.3, 0.4) is 0 Å². The number of ether oxygens (including phenoxy) is 4. The molecule has 0 aromatic heterocycles. The molecule has 31 heteroatoms. The van der Waals surface area contributed by atoms with Crippen LogP contribution in [-0.4, -0.2) is 249 Å². The predicted molar refractivity (Wildman–Crippen MR) is 330 cm³/mol. The summed E-state index contributed by atoms with van der Waals surface area (Å²) in [5.41, 5.74) is 22.7. The van der Waals surface area contributed by atoms with Gasteiger partial charge in [0, 0.05) is 49.9 Å². The van der Waals surface area contributed by atoms with Crippen LogP contribution >= 0.6 is 0 Å². The normalized spacial score (nSPS) is 37.5. The minimum absolute atomic E-state index is 0.00341. The van der Waals surface area contributed by atoms with Crippen LogP contribution in [0.1, 0.15) is 152 Å². The van der Waals surface area contributed by atoms with E-state index >= 15 is 0 Å². The molecule has 0 aliphatic carbocycles. The van der Waals surface area contributed by atoms with E-state index in [9.17, 15) is 57.2 Å². The molecule has 8 aliphatic heterocycles. The molecule has 88 heavy (non-hydrogen) atoms. The average Bonchev–Trinajstić information content (AvgIpc) is 4.37. The van der Waals surface area contributed by atoms with Crippen LogP contribution in [0.15, 0.2) is 0 Å². The summed E-state index contributed by atoms with van der Waals surface area (Å²) >= 11 is 0. The molecule has 0 aromatic carbocycles. The molecular formula is C57H122F4N12O15. The number of nitrogens with two attached hydrogens (primary N) is 4. The van der Waals surface area contributed by atoms with E-state index in [0.29, 0.717) is 13.0 Å². The van der Waals surface area contributed by atoms with E-state index in [4.69, 9.17) is 57.2 Å². The van der Waals surface area contributed by atoms with Gasteiger partial charge in [-0.15, -0.1) is 0 Å². The Morgan fingerprint density at radius 3 is 0.670 bits per heavy atom. The first-order chi connectivity index (χ1) is 41.8. The highest BCUT2D eigenvalue weighted by molar-refractivity contribution is 5.77. The molecule has 8 aliphatic rings. The van der Waals surface area contributed by atoms with Crippen LogP contribution in [0.2, 0.25) is 0 Å². The summed E-state index contributed by atoms with van der Waals surface area (Å²) in [6.07, 6.45) is -21.8. The molecule has 8 fully saturated rings. The van der Waals surface area contributed by atoms with Crippen molar-refractivity contribution in [1.82, 2.24) is 40.9 Å². The molecule has 8 amide bonds. The van der Waals surface area contributed by atoms with Gasteiger partial charge in [-0.25, -0.2) is 36.7 Å². The van der Waals surface area contributed by atoms with E-state index in [1.54, 1.807) is 6.92 Å². The topological polar surface area (TPSA) is 412 Å². The predicted octanol–water partition coefficient (Wildman–Crippen LogP) is 3.02. The Kier molecular flexibility index (Phi) is 49.4. The standard InChI is InChI=1S/C11H20FN3O3.3C10H18FN3O4.8C2H6/c1-3-6-8(16)7(12)10(18-6)15-4-5(2)9(13)14-11(15)17;3*1-4-2-14(10(17)13-8(4)12)9-6(11)7(16)5(3-15)18-9;8*1-2/h5-10,16H,3-4,13H2,1-2H3,(H,14,17);3*4-9,15-16H,2-3,12H2,1H3,(H,13,17);8*1-2H3/t5-,6-,7-,8+,9+,10-;4-,5+,6+,7-,8+,9-;4-,5+,6-,7-,8+,9?;4-,5-,6-,7+,8+,9-;;;;;;;;/m0000......../s1/i12-1;3*11-1;;;;;;;;. The number of alkyl halides is 4. The van der Waals surface area contributed by atoms with Crippen molar-refractivity contribution in [3.05, 3.63) is 0 Å². The number of amides is 8. The highest BCUT2D eigenvalue weighted by Gasteiger charge is 2.53. The molecule has 8 saturated heterocycles. The maximum atomic E-state index is 14.0. The van der Waals surface area contributed by atoms with Gasteiger partial charge in [0.25, 0.3) is 0 Å². The van der Waals surface area contributed by atoms with Crippen molar-refractivity contribution >= 4 is 24.1 Å². The third-order valence-corrected chi connectivity index (χ3v) is 13.9. The fraction of sp³-hybridized carbons (Fsp3) is 0.930. The van der Waals surface area contributed by atoms with Gasteiger partial charge in [0.2, 0.25) is 0 Å². The molecule has 24 atom stereocenters. The molecule has 0 bridgehead atoms. The van der Waals surface area contributed by atoms with Crippen molar-refractivity contribution in [2.24, 2.45) is 46.6 Å². The average molecular weight is 1290 g/mol. The Morgan fingerprint density at radius 2 is 0.534 bits per heavy atom. The summed E-state index contributed by atoms with van der Waals surface area (Å²) < 4.78 is 76.5. The number of aliphatic hydroxyl groups excluding tert-OH is 7. The van der Waals surface area contributed by atoms with Crippen molar-refractivity contribution in [2.45, 2.75) is 275 Å². The van der Waals surface area contributed by atoms with Crippen LogP contribution in [-0.2, 0) is 18.9 Å². The first-order valence-electron chi connectivity index (χ1n) is 31.9. The number of carbonyl (C=O) groups excluding carboxylic acids is 4. The summed E-state index contributed by atoms with van der Waals surface area (Å²) in [5, 5.41) is 75.1. The number of urea groups is 4.